The van der Waals surface area contributed by atoms with E-state index in [0.717, 1.165) is 33.3 Å². The molecule has 1 amide bonds. The van der Waals surface area contributed by atoms with Crippen molar-refractivity contribution < 1.29 is 22.9 Å². The highest BCUT2D eigenvalue weighted by Gasteiger charge is 2.26. The number of carbonyl (C=O) groups is 1. The van der Waals surface area contributed by atoms with Gasteiger partial charge in [-0.2, -0.15) is 0 Å². The van der Waals surface area contributed by atoms with Gasteiger partial charge in [0.15, 0.2) is 0 Å². The number of methoxy groups -OCH3 is 1. The Kier molecular flexibility index (Phi) is 7.04. The van der Waals surface area contributed by atoms with Gasteiger partial charge in [-0.05, 0) is 43.5 Å². The van der Waals surface area contributed by atoms with E-state index in [2.05, 4.69) is 5.32 Å². The molecule has 0 aromatic heterocycles. The zero-order chi connectivity index (χ0) is 22.6. The van der Waals surface area contributed by atoms with Crippen molar-refractivity contribution in [3.8, 4) is 5.75 Å². The summed E-state index contributed by atoms with van der Waals surface area (Å²) < 4.78 is 30.7. The lowest BCUT2D eigenvalue weighted by Crippen LogP contribution is -2.41. The summed E-state index contributed by atoms with van der Waals surface area (Å²) in [6.07, 6.45) is 0.922. The largest absolute Gasteiger partial charge is 0.495 e. The number of non-ortho nitro benzene ring substituents is 1. The standard InChI is InChI=1S/C20H25N3O6S/c1-13-6-7-16(10-14(13)2)15(3)21-20(24)12-22(30(5,27)28)18-11-17(23(25)26)8-9-19(18)29-4/h6-11,15H,12H2,1-5H3,(H,21,24). The Morgan fingerprint density at radius 3 is 2.40 bits per heavy atom. The summed E-state index contributed by atoms with van der Waals surface area (Å²) in [4.78, 5) is 23.1. The highest BCUT2D eigenvalue weighted by Crippen LogP contribution is 2.33. The summed E-state index contributed by atoms with van der Waals surface area (Å²) in [6, 6.07) is 9.00. The van der Waals surface area contributed by atoms with E-state index in [1.165, 1.54) is 19.2 Å². The number of carbonyl (C=O) groups excluding carboxylic acids is 1. The fraction of sp³-hybridized carbons (Fsp3) is 0.350. The van der Waals surface area contributed by atoms with Crippen molar-refractivity contribution in [2.24, 2.45) is 0 Å². The lowest BCUT2D eigenvalue weighted by molar-refractivity contribution is -0.384. The fourth-order valence-electron chi connectivity index (χ4n) is 2.90. The summed E-state index contributed by atoms with van der Waals surface area (Å²) in [5, 5.41) is 13.9. The number of amides is 1. The van der Waals surface area contributed by atoms with Crippen molar-refractivity contribution in [3.05, 3.63) is 63.2 Å². The Hall–Kier alpha value is -3.14. The number of hydrogen-bond donors (Lipinski definition) is 1. The van der Waals surface area contributed by atoms with Crippen molar-refractivity contribution in [1.29, 1.82) is 0 Å². The first-order valence-corrected chi connectivity index (χ1v) is 11.0. The molecule has 2 rings (SSSR count). The molecule has 9 nitrogen and oxygen atoms in total. The Balaban J connectivity index is 2.31. The molecule has 0 bridgehead atoms. The molecular formula is C20H25N3O6S. The third-order valence-electron chi connectivity index (χ3n) is 4.74. The molecule has 1 atom stereocenters. The number of ether oxygens (including phenoxy) is 1. The molecule has 2 aromatic rings. The average Bonchev–Trinajstić information content (AvgIpc) is 2.66. The van der Waals surface area contributed by atoms with Gasteiger partial charge in [0.05, 0.1) is 24.3 Å². The molecular weight excluding hydrogens is 410 g/mol. The van der Waals surface area contributed by atoms with Gasteiger partial charge in [-0.25, -0.2) is 8.42 Å². The van der Waals surface area contributed by atoms with E-state index in [0.29, 0.717) is 0 Å². The van der Waals surface area contributed by atoms with Crippen LogP contribution < -0.4 is 14.4 Å². The molecule has 162 valence electrons. The van der Waals surface area contributed by atoms with E-state index in [1.807, 2.05) is 32.0 Å². The normalized spacial score (nSPS) is 12.2. The Morgan fingerprint density at radius 2 is 1.87 bits per heavy atom. The van der Waals surface area contributed by atoms with Gasteiger partial charge in [-0.1, -0.05) is 18.2 Å². The minimum absolute atomic E-state index is 0.0804. The highest BCUT2D eigenvalue weighted by molar-refractivity contribution is 7.92. The van der Waals surface area contributed by atoms with Gasteiger partial charge < -0.3 is 10.1 Å². The van der Waals surface area contributed by atoms with Crippen LogP contribution in [0.15, 0.2) is 36.4 Å². The number of benzene rings is 2. The Bertz CT molecular complexity index is 1070. The van der Waals surface area contributed by atoms with Crippen molar-refractivity contribution in [2.45, 2.75) is 26.8 Å². The first-order chi connectivity index (χ1) is 13.9. The molecule has 1 N–H and O–H groups in total. The number of nitrogens with one attached hydrogen (secondary N) is 1. The van der Waals surface area contributed by atoms with Crippen LogP contribution in [0.3, 0.4) is 0 Å². The van der Waals surface area contributed by atoms with E-state index in [4.69, 9.17) is 4.74 Å². The van der Waals surface area contributed by atoms with Gasteiger partial charge in [0.25, 0.3) is 5.69 Å². The lowest BCUT2D eigenvalue weighted by atomic mass is 10.0. The number of hydrogen-bond acceptors (Lipinski definition) is 6. The highest BCUT2D eigenvalue weighted by atomic mass is 32.2. The molecule has 0 saturated carbocycles. The number of nitro benzene ring substituents is 1. The molecule has 0 spiro atoms. The van der Waals surface area contributed by atoms with E-state index >= 15 is 0 Å². The van der Waals surface area contributed by atoms with E-state index in [1.54, 1.807) is 6.92 Å². The summed E-state index contributed by atoms with van der Waals surface area (Å²) in [5.74, 6) is -0.458. The van der Waals surface area contributed by atoms with Gasteiger partial charge in [0.1, 0.15) is 18.0 Å². The second-order valence-electron chi connectivity index (χ2n) is 7.02. The second kappa shape index (κ2) is 9.12. The molecule has 0 aliphatic rings. The molecule has 1 unspecified atom stereocenters. The molecule has 30 heavy (non-hydrogen) atoms. The van der Waals surface area contributed by atoms with Gasteiger partial charge >= 0.3 is 0 Å². The molecule has 0 saturated heterocycles. The fourth-order valence-corrected chi connectivity index (χ4v) is 3.75. The molecule has 0 radical (unpaired) electrons. The monoisotopic (exact) mass is 435 g/mol. The second-order valence-corrected chi connectivity index (χ2v) is 8.92. The molecule has 0 heterocycles. The van der Waals surface area contributed by atoms with Crippen molar-refractivity contribution in [1.82, 2.24) is 5.32 Å². The number of rotatable bonds is 8. The van der Waals surface area contributed by atoms with Crippen molar-refractivity contribution in [2.75, 3.05) is 24.2 Å². The lowest BCUT2D eigenvalue weighted by Gasteiger charge is -2.24. The molecule has 0 fully saturated rings. The van der Waals surface area contributed by atoms with Crippen LogP contribution in [0.25, 0.3) is 0 Å². The number of sulfonamides is 1. The van der Waals surface area contributed by atoms with Crippen LogP contribution >= 0.6 is 0 Å². The summed E-state index contributed by atoms with van der Waals surface area (Å²) in [6.45, 7) is 5.19. The minimum atomic E-state index is -3.93. The van der Waals surface area contributed by atoms with Crippen LogP contribution in [0.1, 0.15) is 29.7 Å². The quantitative estimate of drug-likeness (QED) is 0.503. The van der Waals surface area contributed by atoms with Crippen LogP contribution in [0.5, 0.6) is 5.75 Å². The van der Waals surface area contributed by atoms with Gasteiger partial charge in [-0.3, -0.25) is 19.2 Å². The Labute approximate surface area is 175 Å². The summed E-state index contributed by atoms with van der Waals surface area (Å²) in [5.41, 5.74) is 2.68. The molecule has 0 aliphatic carbocycles. The first kappa shape index (κ1) is 23.1. The van der Waals surface area contributed by atoms with Crippen LogP contribution in [0.2, 0.25) is 0 Å². The topological polar surface area (TPSA) is 119 Å². The first-order valence-electron chi connectivity index (χ1n) is 9.10. The maximum Gasteiger partial charge on any atom is 0.271 e. The van der Waals surface area contributed by atoms with Crippen LogP contribution in [-0.4, -0.2) is 39.2 Å². The SMILES string of the molecule is COc1ccc([N+](=O)[O-])cc1N(CC(=O)NC(C)c1ccc(C)c(C)c1)S(C)(=O)=O. The van der Waals surface area contributed by atoms with E-state index < -0.39 is 27.4 Å². The van der Waals surface area contributed by atoms with E-state index in [-0.39, 0.29) is 23.2 Å². The smallest absolute Gasteiger partial charge is 0.271 e. The van der Waals surface area contributed by atoms with Crippen LogP contribution in [0, 0.1) is 24.0 Å². The summed E-state index contributed by atoms with van der Waals surface area (Å²) in [7, 11) is -2.62. The van der Waals surface area contributed by atoms with Gasteiger partial charge in [0.2, 0.25) is 15.9 Å². The predicted octanol–water partition coefficient (Wildman–Crippen LogP) is 2.86. The van der Waals surface area contributed by atoms with Crippen LogP contribution in [-0.2, 0) is 14.8 Å². The van der Waals surface area contributed by atoms with Gasteiger partial charge in [-0.15, -0.1) is 0 Å². The maximum absolute atomic E-state index is 12.6. The zero-order valence-corrected chi connectivity index (χ0v) is 18.3. The number of nitrogens with zero attached hydrogens (tertiary/aromatic N) is 2. The average molecular weight is 436 g/mol. The number of aryl methyl sites for hydroxylation is 2. The predicted molar refractivity (Wildman–Crippen MR) is 114 cm³/mol. The minimum Gasteiger partial charge on any atom is -0.495 e. The molecule has 2 aromatic carbocycles. The molecule has 10 heteroatoms. The number of nitro groups is 1. The third kappa shape index (κ3) is 5.47. The molecule has 0 aliphatic heterocycles. The zero-order valence-electron chi connectivity index (χ0n) is 17.5. The Morgan fingerprint density at radius 1 is 1.20 bits per heavy atom. The van der Waals surface area contributed by atoms with Crippen LogP contribution in [0.4, 0.5) is 11.4 Å². The van der Waals surface area contributed by atoms with E-state index in [9.17, 15) is 23.3 Å². The third-order valence-corrected chi connectivity index (χ3v) is 5.86. The van der Waals surface area contributed by atoms with Crippen molar-refractivity contribution >= 4 is 27.3 Å². The summed E-state index contributed by atoms with van der Waals surface area (Å²) >= 11 is 0. The maximum atomic E-state index is 12.6. The van der Waals surface area contributed by atoms with Crippen molar-refractivity contribution in [3.63, 3.8) is 0 Å². The number of anilines is 1. The van der Waals surface area contributed by atoms with Gasteiger partial charge in [0, 0.05) is 12.1 Å².